The zero-order valence-corrected chi connectivity index (χ0v) is 8.01. The summed E-state index contributed by atoms with van der Waals surface area (Å²) in [6, 6.07) is 2.13. The third kappa shape index (κ3) is 1.79. The molecule has 1 aromatic heterocycles. The second-order valence-electron chi connectivity index (χ2n) is 3.51. The van der Waals surface area contributed by atoms with E-state index in [2.05, 4.69) is 21.6 Å². The molecule has 1 aliphatic rings. The Kier molecular flexibility index (Phi) is 2.43. The Hall–Kier alpha value is -1.12. The van der Waals surface area contributed by atoms with Gasteiger partial charge in [-0.25, -0.2) is 0 Å². The van der Waals surface area contributed by atoms with Crippen molar-refractivity contribution in [3.63, 3.8) is 0 Å². The van der Waals surface area contributed by atoms with Gasteiger partial charge in [0.1, 0.15) is 5.82 Å². The van der Waals surface area contributed by atoms with Crippen LogP contribution in [0.4, 0.5) is 5.82 Å². The molecule has 0 aromatic carbocycles. The van der Waals surface area contributed by atoms with Gasteiger partial charge < -0.3 is 5.32 Å². The number of fused-ring (bicyclic) bond motifs is 1. The highest BCUT2D eigenvalue weighted by Gasteiger charge is 2.09. The highest BCUT2D eigenvalue weighted by Crippen LogP contribution is 2.19. The lowest BCUT2D eigenvalue weighted by molar-refractivity contribution is 0.706. The van der Waals surface area contributed by atoms with Gasteiger partial charge >= 0.3 is 0 Å². The van der Waals surface area contributed by atoms with Gasteiger partial charge in [0, 0.05) is 7.05 Å². The van der Waals surface area contributed by atoms with E-state index in [-0.39, 0.29) is 0 Å². The van der Waals surface area contributed by atoms with Crippen molar-refractivity contribution in [2.75, 3.05) is 12.4 Å². The van der Waals surface area contributed by atoms with Crippen LogP contribution >= 0.6 is 0 Å². The van der Waals surface area contributed by atoms with Crippen molar-refractivity contribution < 1.29 is 0 Å². The van der Waals surface area contributed by atoms with Crippen molar-refractivity contribution in [2.45, 2.75) is 32.1 Å². The van der Waals surface area contributed by atoms with Crippen LogP contribution < -0.4 is 5.32 Å². The number of aromatic nitrogens is 2. The molecule has 13 heavy (non-hydrogen) atoms. The Morgan fingerprint density at radius 1 is 1.15 bits per heavy atom. The highest BCUT2D eigenvalue weighted by atomic mass is 15.2. The van der Waals surface area contributed by atoms with E-state index in [1.165, 1.54) is 36.9 Å². The second-order valence-corrected chi connectivity index (χ2v) is 3.51. The quantitative estimate of drug-likeness (QED) is 0.664. The van der Waals surface area contributed by atoms with Crippen molar-refractivity contribution in [3.8, 4) is 0 Å². The Bertz CT molecular complexity index is 296. The fourth-order valence-electron chi connectivity index (χ4n) is 1.79. The molecule has 1 heterocycles. The average Bonchev–Trinajstić information content (AvgIpc) is 2.41. The molecule has 2 rings (SSSR count). The molecule has 3 heteroatoms. The van der Waals surface area contributed by atoms with Gasteiger partial charge in [0.15, 0.2) is 0 Å². The van der Waals surface area contributed by atoms with Crippen LogP contribution in [0, 0.1) is 0 Å². The molecule has 0 spiro atoms. The summed E-state index contributed by atoms with van der Waals surface area (Å²) in [7, 11) is 1.88. The standard InChI is InChI=1S/C10H15N3/c1-11-10-7-8-5-3-2-4-6-9(8)12-13-10/h7H,2-6H2,1H3,(H,11,13). The molecule has 1 aliphatic carbocycles. The molecule has 0 radical (unpaired) electrons. The summed E-state index contributed by atoms with van der Waals surface area (Å²) in [6.45, 7) is 0. The first-order valence-corrected chi connectivity index (χ1v) is 4.93. The predicted molar refractivity (Wildman–Crippen MR) is 52.8 cm³/mol. The molecule has 0 saturated carbocycles. The van der Waals surface area contributed by atoms with Crippen LogP contribution in [0.25, 0.3) is 0 Å². The fourth-order valence-corrected chi connectivity index (χ4v) is 1.79. The lowest BCUT2D eigenvalue weighted by Gasteiger charge is -2.05. The third-order valence-corrected chi connectivity index (χ3v) is 2.58. The number of anilines is 1. The molecule has 0 saturated heterocycles. The van der Waals surface area contributed by atoms with Crippen molar-refractivity contribution in [3.05, 3.63) is 17.3 Å². The van der Waals surface area contributed by atoms with Gasteiger partial charge in [0.05, 0.1) is 5.69 Å². The number of rotatable bonds is 1. The lowest BCUT2D eigenvalue weighted by Crippen LogP contribution is -2.01. The van der Waals surface area contributed by atoms with Crippen LogP contribution in [0.15, 0.2) is 6.07 Å². The minimum Gasteiger partial charge on any atom is -0.372 e. The molecule has 0 aliphatic heterocycles. The Balaban J connectivity index is 2.32. The summed E-state index contributed by atoms with van der Waals surface area (Å²) in [5.41, 5.74) is 2.59. The van der Waals surface area contributed by atoms with Gasteiger partial charge in [-0.1, -0.05) is 6.42 Å². The van der Waals surface area contributed by atoms with E-state index in [0.29, 0.717) is 0 Å². The maximum Gasteiger partial charge on any atom is 0.148 e. The number of hydrogen-bond donors (Lipinski definition) is 1. The molecule has 3 nitrogen and oxygen atoms in total. The van der Waals surface area contributed by atoms with Crippen molar-refractivity contribution in [1.82, 2.24) is 10.2 Å². The van der Waals surface area contributed by atoms with Crippen LogP contribution in [-0.2, 0) is 12.8 Å². The number of aryl methyl sites for hydroxylation is 2. The molecule has 70 valence electrons. The van der Waals surface area contributed by atoms with E-state index in [4.69, 9.17) is 0 Å². The van der Waals surface area contributed by atoms with E-state index in [9.17, 15) is 0 Å². The van der Waals surface area contributed by atoms with E-state index in [1.807, 2.05) is 7.05 Å². The number of nitrogens with one attached hydrogen (secondary N) is 1. The summed E-state index contributed by atoms with van der Waals surface area (Å²) in [5, 5.41) is 11.4. The summed E-state index contributed by atoms with van der Waals surface area (Å²) >= 11 is 0. The van der Waals surface area contributed by atoms with Gasteiger partial charge in [0.25, 0.3) is 0 Å². The first-order chi connectivity index (χ1) is 6.40. The topological polar surface area (TPSA) is 37.8 Å². The van der Waals surface area contributed by atoms with E-state index >= 15 is 0 Å². The van der Waals surface area contributed by atoms with Crippen molar-refractivity contribution in [1.29, 1.82) is 0 Å². The van der Waals surface area contributed by atoms with E-state index in [1.54, 1.807) is 0 Å². The lowest BCUT2D eigenvalue weighted by atomic mass is 10.1. The zero-order chi connectivity index (χ0) is 9.10. The summed E-state index contributed by atoms with van der Waals surface area (Å²) in [5.74, 6) is 0.889. The van der Waals surface area contributed by atoms with Gasteiger partial charge in [0.2, 0.25) is 0 Å². The van der Waals surface area contributed by atoms with Crippen LogP contribution in [0.1, 0.15) is 30.5 Å². The SMILES string of the molecule is CNc1cc2c(nn1)CCCCC2. The largest absolute Gasteiger partial charge is 0.372 e. The molecule has 1 N–H and O–H groups in total. The van der Waals surface area contributed by atoms with Crippen LogP contribution in [0.2, 0.25) is 0 Å². The Morgan fingerprint density at radius 3 is 2.85 bits per heavy atom. The fraction of sp³-hybridized carbons (Fsp3) is 0.600. The van der Waals surface area contributed by atoms with Gasteiger partial charge in [-0.05, 0) is 37.3 Å². The molecular weight excluding hydrogens is 162 g/mol. The van der Waals surface area contributed by atoms with Crippen LogP contribution in [0.3, 0.4) is 0 Å². The first-order valence-electron chi connectivity index (χ1n) is 4.93. The maximum absolute atomic E-state index is 4.24. The Labute approximate surface area is 78.6 Å². The predicted octanol–water partition coefficient (Wildman–Crippen LogP) is 1.79. The molecule has 1 aromatic rings. The van der Waals surface area contributed by atoms with Crippen LogP contribution in [-0.4, -0.2) is 17.2 Å². The smallest absolute Gasteiger partial charge is 0.148 e. The second kappa shape index (κ2) is 3.73. The van der Waals surface area contributed by atoms with E-state index in [0.717, 1.165) is 12.2 Å². The molecule has 0 atom stereocenters. The molecule has 0 bridgehead atoms. The first kappa shape index (κ1) is 8.48. The molecule has 0 unspecified atom stereocenters. The van der Waals surface area contributed by atoms with E-state index < -0.39 is 0 Å². The zero-order valence-electron chi connectivity index (χ0n) is 8.01. The highest BCUT2D eigenvalue weighted by molar-refractivity contribution is 5.37. The maximum atomic E-state index is 4.24. The number of nitrogens with zero attached hydrogens (tertiary/aromatic N) is 2. The monoisotopic (exact) mass is 177 g/mol. The van der Waals surface area contributed by atoms with Crippen molar-refractivity contribution >= 4 is 5.82 Å². The third-order valence-electron chi connectivity index (χ3n) is 2.58. The molecule has 0 amide bonds. The minimum atomic E-state index is 0.889. The van der Waals surface area contributed by atoms with Crippen molar-refractivity contribution in [2.24, 2.45) is 0 Å². The minimum absolute atomic E-state index is 0.889. The molecule has 0 fully saturated rings. The summed E-state index contributed by atoms with van der Waals surface area (Å²) in [6.07, 6.45) is 6.15. The van der Waals surface area contributed by atoms with Gasteiger partial charge in [-0.15, -0.1) is 5.10 Å². The Morgan fingerprint density at radius 2 is 2.00 bits per heavy atom. The van der Waals surface area contributed by atoms with Gasteiger partial charge in [-0.2, -0.15) is 5.10 Å². The number of hydrogen-bond acceptors (Lipinski definition) is 3. The van der Waals surface area contributed by atoms with Gasteiger partial charge in [-0.3, -0.25) is 0 Å². The normalized spacial score (nSPS) is 16.1. The summed E-state index contributed by atoms with van der Waals surface area (Å²) < 4.78 is 0. The average molecular weight is 177 g/mol. The molecular formula is C10H15N3. The summed E-state index contributed by atoms with van der Waals surface area (Å²) in [4.78, 5) is 0. The van der Waals surface area contributed by atoms with Crippen LogP contribution in [0.5, 0.6) is 0 Å².